The number of amides is 1. The highest BCUT2D eigenvalue weighted by atomic mass is 16.1. The Morgan fingerprint density at radius 2 is 1.85 bits per heavy atom. The molecule has 3 aromatic rings. The Morgan fingerprint density at radius 1 is 1.12 bits per heavy atom. The minimum Gasteiger partial charge on any atom is -0.352 e. The van der Waals surface area contributed by atoms with Crippen LogP contribution in [-0.2, 0) is 17.9 Å². The van der Waals surface area contributed by atoms with E-state index < -0.39 is 0 Å². The van der Waals surface area contributed by atoms with E-state index in [1.165, 1.54) is 5.56 Å². The second-order valence-electron chi connectivity index (χ2n) is 7.05. The largest absolute Gasteiger partial charge is 0.352 e. The fourth-order valence-electron chi connectivity index (χ4n) is 3.28. The van der Waals surface area contributed by atoms with Crippen LogP contribution in [0, 0.1) is 5.92 Å². The van der Waals surface area contributed by atoms with Gasteiger partial charge in [-0.25, -0.2) is 4.98 Å². The molecule has 1 atom stereocenters. The quantitative estimate of drug-likeness (QED) is 0.649. The summed E-state index contributed by atoms with van der Waals surface area (Å²) in [4.78, 5) is 16.4. The molecule has 4 heteroatoms. The molecule has 26 heavy (non-hydrogen) atoms. The summed E-state index contributed by atoms with van der Waals surface area (Å²) in [7, 11) is 0. The van der Waals surface area contributed by atoms with Crippen molar-refractivity contribution in [2.24, 2.45) is 5.92 Å². The summed E-state index contributed by atoms with van der Waals surface area (Å²) in [5.41, 5.74) is 4.51. The molecule has 0 aliphatic carbocycles. The van der Waals surface area contributed by atoms with Gasteiger partial charge in [-0.15, -0.1) is 0 Å². The first-order valence-corrected chi connectivity index (χ1v) is 9.40. The van der Waals surface area contributed by atoms with Crippen LogP contribution < -0.4 is 5.32 Å². The third-order valence-electron chi connectivity index (χ3n) is 4.71. The lowest BCUT2D eigenvalue weighted by atomic mass is 10.0. The number of imidazole rings is 1. The van der Waals surface area contributed by atoms with Crippen molar-refractivity contribution in [3.05, 3.63) is 66.0 Å². The van der Waals surface area contributed by atoms with Crippen LogP contribution in [0.2, 0.25) is 0 Å². The van der Waals surface area contributed by atoms with Crippen LogP contribution in [0.15, 0.2) is 54.9 Å². The average molecular weight is 349 g/mol. The number of nitrogens with zero attached hydrogens (tertiary/aromatic N) is 2. The molecule has 0 bridgehead atoms. The molecule has 0 spiro atoms. The van der Waals surface area contributed by atoms with Crippen molar-refractivity contribution in [1.82, 2.24) is 14.9 Å². The van der Waals surface area contributed by atoms with Crippen LogP contribution >= 0.6 is 0 Å². The van der Waals surface area contributed by atoms with Crippen molar-refractivity contribution in [2.45, 2.75) is 46.2 Å². The third-order valence-corrected chi connectivity index (χ3v) is 4.71. The molecular formula is C22H27N3O. The standard InChI is InChI=1S/C22H27N3O/c1-3-6-17(2)13-22(26)23-14-18-9-11-19(12-10-18)15-25-16-24-20-7-4-5-8-21(20)25/h4-5,7-12,16-17H,3,6,13-15H2,1-2H3,(H,23,26). The van der Waals surface area contributed by atoms with Gasteiger partial charge in [0.15, 0.2) is 0 Å². The molecule has 1 amide bonds. The van der Waals surface area contributed by atoms with Crippen molar-refractivity contribution >= 4 is 16.9 Å². The van der Waals surface area contributed by atoms with Gasteiger partial charge in [-0.05, 0) is 29.2 Å². The van der Waals surface area contributed by atoms with Crippen LogP contribution in [0.25, 0.3) is 11.0 Å². The van der Waals surface area contributed by atoms with Gasteiger partial charge in [-0.2, -0.15) is 0 Å². The zero-order valence-electron chi connectivity index (χ0n) is 15.6. The van der Waals surface area contributed by atoms with E-state index >= 15 is 0 Å². The minimum atomic E-state index is 0.139. The number of carbonyl (C=O) groups excluding carboxylic acids is 1. The summed E-state index contributed by atoms with van der Waals surface area (Å²) >= 11 is 0. The van der Waals surface area contributed by atoms with Crippen LogP contribution in [-0.4, -0.2) is 15.5 Å². The van der Waals surface area contributed by atoms with E-state index in [4.69, 9.17) is 0 Å². The van der Waals surface area contributed by atoms with Crippen LogP contribution in [0.3, 0.4) is 0 Å². The zero-order valence-corrected chi connectivity index (χ0v) is 15.6. The fraction of sp³-hybridized carbons (Fsp3) is 0.364. The SMILES string of the molecule is CCCC(C)CC(=O)NCc1ccc(Cn2cnc3ccccc32)cc1. The lowest BCUT2D eigenvalue weighted by molar-refractivity contribution is -0.122. The Labute approximate surface area is 155 Å². The molecule has 136 valence electrons. The van der Waals surface area contributed by atoms with Crippen LogP contribution in [0.1, 0.15) is 44.2 Å². The topological polar surface area (TPSA) is 46.9 Å². The van der Waals surface area contributed by atoms with Gasteiger partial charge in [-0.3, -0.25) is 4.79 Å². The summed E-state index contributed by atoms with van der Waals surface area (Å²) < 4.78 is 2.15. The molecule has 3 rings (SSSR count). The van der Waals surface area contributed by atoms with Gasteiger partial charge in [0.25, 0.3) is 0 Å². The number of carbonyl (C=O) groups is 1. The second kappa shape index (κ2) is 8.65. The summed E-state index contributed by atoms with van der Waals surface area (Å²) in [6.07, 6.45) is 4.73. The first kappa shape index (κ1) is 18.2. The van der Waals surface area contributed by atoms with Gasteiger partial charge < -0.3 is 9.88 Å². The molecular weight excluding hydrogens is 322 g/mol. The van der Waals surface area contributed by atoms with E-state index in [1.54, 1.807) is 0 Å². The highest BCUT2D eigenvalue weighted by molar-refractivity contribution is 5.76. The molecule has 4 nitrogen and oxygen atoms in total. The van der Waals surface area contributed by atoms with Gasteiger partial charge in [0.05, 0.1) is 17.4 Å². The second-order valence-corrected chi connectivity index (χ2v) is 7.05. The molecule has 0 saturated carbocycles. The molecule has 0 saturated heterocycles. The molecule has 1 aromatic heterocycles. The highest BCUT2D eigenvalue weighted by Crippen LogP contribution is 2.15. The first-order chi connectivity index (χ1) is 12.7. The number of rotatable bonds is 8. The summed E-state index contributed by atoms with van der Waals surface area (Å²) in [6.45, 7) is 5.67. The maximum Gasteiger partial charge on any atom is 0.220 e. The smallest absolute Gasteiger partial charge is 0.220 e. The van der Waals surface area contributed by atoms with Gasteiger partial charge >= 0.3 is 0 Å². The Hall–Kier alpha value is -2.62. The number of hydrogen-bond donors (Lipinski definition) is 1. The highest BCUT2D eigenvalue weighted by Gasteiger charge is 2.08. The summed E-state index contributed by atoms with van der Waals surface area (Å²) in [6, 6.07) is 16.6. The monoisotopic (exact) mass is 349 g/mol. The molecule has 0 fully saturated rings. The van der Waals surface area contributed by atoms with Crippen LogP contribution in [0.5, 0.6) is 0 Å². The van der Waals surface area contributed by atoms with Crippen molar-refractivity contribution in [1.29, 1.82) is 0 Å². The fourth-order valence-corrected chi connectivity index (χ4v) is 3.28. The Morgan fingerprint density at radius 3 is 2.62 bits per heavy atom. The number of nitrogens with one attached hydrogen (secondary N) is 1. The predicted octanol–water partition coefficient (Wildman–Crippen LogP) is 4.53. The maximum atomic E-state index is 12.0. The Balaban J connectivity index is 1.54. The number of fused-ring (bicyclic) bond motifs is 1. The number of para-hydroxylation sites is 2. The molecule has 1 heterocycles. The van der Waals surface area contributed by atoms with E-state index in [-0.39, 0.29) is 5.91 Å². The first-order valence-electron chi connectivity index (χ1n) is 9.40. The lowest BCUT2D eigenvalue weighted by Gasteiger charge is -2.11. The van der Waals surface area contributed by atoms with Crippen molar-refractivity contribution in [3.63, 3.8) is 0 Å². The zero-order chi connectivity index (χ0) is 18.4. The Kier molecular flexibility index (Phi) is 6.05. The molecule has 1 unspecified atom stereocenters. The van der Waals surface area contributed by atoms with Crippen molar-refractivity contribution in [3.8, 4) is 0 Å². The lowest BCUT2D eigenvalue weighted by Crippen LogP contribution is -2.24. The van der Waals surface area contributed by atoms with E-state index in [0.717, 1.165) is 36.0 Å². The molecule has 0 aliphatic heterocycles. The molecule has 2 aromatic carbocycles. The Bertz CT molecular complexity index is 851. The maximum absolute atomic E-state index is 12.0. The van der Waals surface area contributed by atoms with E-state index in [0.29, 0.717) is 18.9 Å². The minimum absolute atomic E-state index is 0.139. The van der Waals surface area contributed by atoms with Crippen molar-refractivity contribution in [2.75, 3.05) is 0 Å². The summed E-state index contributed by atoms with van der Waals surface area (Å²) in [5, 5.41) is 3.02. The van der Waals surface area contributed by atoms with Gasteiger partial charge in [-0.1, -0.05) is 63.1 Å². The van der Waals surface area contributed by atoms with E-state index in [9.17, 15) is 4.79 Å². The normalized spacial score (nSPS) is 12.2. The van der Waals surface area contributed by atoms with Crippen molar-refractivity contribution < 1.29 is 4.79 Å². The average Bonchev–Trinajstić information content (AvgIpc) is 3.04. The van der Waals surface area contributed by atoms with E-state index in [2.05, 4.69) is 59.0 Å². The van der Waals surface area contributed by atoms with Gasteiger partial charge in [0, 0.05) is 19.5 Å². The molecule has 0 aliphatic rings. The third kappa shape index (κ3) is 4.72. The number of aromatic nitrogens is 2. The number of hydrogen-bond acceptors (Lipinski definition) is 2. The predicted molar refractivity (Wildman–Crippen MR) is 106 cm³/mol. The number of benzene rings is 2. The molecule has 0 radical (unpaired) electrons. The van der Waals surface area contributed by atoms with Gasteiger partial charge in [0.2, 0.25) is 5.91 Å². The van der Waals surface area contributed by atoms with E-state index in [1.807, 2.05) is 24.5 Å². The summed E-state index contributed by atoms with van der Waals surface area (Å²) in [5.74, 6) is 0.590. The molecule has 1 N–H and O–H groups in total. The van der Waals surface area contributed by atoms with Crippen LogP contribution in [0.4, 0.5) is 0 Å². The van der Waals surface area contributed by atoms with Gasteiger partial charge in [0.1, 0.15) is 0 Å².